The van der Waals surface area contributed by atoms with Crippen molar-refractivity contribution in [3.8, 4) is 0 Å². The van der Waals surface area contributed by atoms with E-state index in [1.165, 1.54) is 65.0 Å². The summed E-state index contributed by atoms with van der Waals surface area (Å²) in [5.74, 6) is 0.793. The van der Waals surface area contributed by atoms with Gasteiger partial charge in [0.2, 0.25) is 0 Å². The summed E-state index contributed by atoms with van der Waals surface area (Å²) in [6.07, 6.45) is 5.11. The second-order valence-corrected chi connectivity index (χ2v) is 5.71. The largest absolute Gasteiger partial charge is 0.303 e. The van der Waals surface area contributed by atoms with Crippen molar-refractivity contribution in [2.24, 2.45) is 5.92 Å². The van der Waals surface area contributed by atoms with Crippen LogP contribution >= 0.6 is 0 Å². The van der Waals surface area contributed by atoms with Crippen LogP contribution in [-0.2, 0) is 0 Å². The van der Waals surface area contributed by atoms with Gasteiger partial charge in [-0.25, -0.2) is 0 Å². The Morgan fingerprint density at radius 3 is 1.11 bits per heavy atom. The van der Waals surface area contributed by atoms with E-state index in [1.807, 2.05) is 0 Å². The number of hydrogen-bond acceptors (Lipinski definition) is 2. The van der Waals surface area contributed by atoms with Gasteiger partial charge in [0, 0.05) is 13.1 Å². The van der Waals surface area contributed by atoms with Gasteiger partial charge in [-0.2, -0.15) is 0 Å². The van der Waals surface area contributed by atoms with Crippen LogP contribution in [0.2, 0.25) is 0 Å². The molecule has 0 aliphatic rings. The van der Waals surface area contributed by atoms with Gasteiger partial charge in [0.1, 0.15) is 0 Å². The summed E-state index contributed by atoms with van der Waals surface area (Å²) >= 11 is 0. The van der Waals surface area contributed by atoms with E-state index in [1.54, 1.807) is 0 Å². The Bertz CT molecular complexity index is 140. The van der Waals surface area contributed by atoms with Gasteiger partial charge in [0.25, 0.3) is 0 Å². The lowest BCUT2D eigenvalue weighted by atomic mass is 10.1. The standard InChI is InChI=1S/C16H36N2/c1-6-10-17(11-7-2)14-16(5)15-18(12-8-3)13-9-4/h16H,6-15H2,1-5H3. The van der Waals surface area contributed by atoms with Crippen molar-refractivity contribution < 1.29 is 0 Å². The van der Waals surface area contributed by atoms with Crippen molar-refractivity contribution >= 4 is 0 Å². The van der Waals surface area contributed by atoms with Gasteiger partial charge in [-0.05, 0) is 57.8 Å². The van der Waals surface area contributed by atoms with E-state index in [0.29, 0.717) is 0 Å². The van der Waals surface area contributed by atoms with Crippen LogP contribution in [0.1, 0.15) is 60.3 Å². The third-order valence-electron chi connectivity index (χ3n) is 3.30. The smallest absolute Gasteiger partial charge is 0.00192 e. The van der Waals surface area contributed by atoms with E-state index < -0.39 is 0 Å². The molecule has 0 atom stereocenters. The predicted molar refractivity (Wildman–Crippen MR) is 83.2 cm³/mol. The lowest BCUT2D eigenvalue weighted by Gasteiger charge is -2.29. The average Bonchev–Trinajstić information content (AvgIpc) is 2.30. The van der Waals surface area contributed by atoms with E-state index in [0.717, 1.165) is 5.92 Å². The molecule has 0 saturated heterocycles. The van der Waals surface area contributed by atoms with Crippen molar-refractivity contribution in [3.05, 3.63) is 0 Å². The van der Waals surface area contributed by atoms with Crippen LogP contribution in [0.15, 0.2) is 0 Å². The average molecular weight is 256 g/mol. The first-order valence-electron chi connectivity index (χ1n) is 8.12. The summed E-state index contributed by atoms with van der Waals surface area (Å²) in [5.41, 5.74) is 0. The van der Waals surface area contributed by atoms with Gasteiger partial charge < -0.3 is 9.80 Å². The minimum absolute atomic E-state index is 0.793. The molecule has 0 amide bonds. The highest BCUT2D eigenvalue weighted by molar-refractivity contribution is 4.67. The van der Waals surface area contributed by atoms with Crippen molar-refractivity contribution in [2.45, 2.75) is 60.3 Å². The molecule has 0 aromatic rings. The molecule has 0 unspecified atom stereocenters. The zero-order valence-corrected chi connectivity index (χ0v) is 13.5. The maximum atomic E-state index is 2.64. The van der Waals surface area contributed by atoms with Gasteiger partial charge in [-0.3, -0.25) is 0 Å². The molecule has 0 aliphatic heterocycles. The topological polar surface area (TPSA) is 6.48 Å². The Balaban J connectivity index is 4.05. The maximum absolute atomic E-state index is 2.64. The van der Waals surface area contributed by atoms with Crippen LogP contribution < -0.4 is 0 Å². The number of nitrogens with zero attached hydrogens (tertiary/aromatic N) is 2. The van der Waals surface area contributed by atoms with Crippen LogP contribution in [0.5, 0.6) is 0 Å². The first kappa shape index (κ1) is 17.9. The van der Waals surface area contributed by atoms with Crippen LogP contribution in [0.25, 0.3) is 0 Å². The van der Waals surface area contributed by atoms with E-state index in [4.69, 9.17) is 0 Å². The zero-order valence-electron chi connectivity index (χ0n) is 13.5. The van der Waals surface area contributed by atoms with Crippen molar-refractivity contribution in [1.82, 2.24) is 9.80 Å². The van der Waals surface area contributed by atoms with Crippen molar-refractivity contribution in [3.63, 3.8) is 0 Å². The second-order valence-electron chi connectivity index (χ2n) is 5.71. The molecule has 18 heavy (non-hydrogen) atoms. The molecule has 0 heterocycles. The molecule has 2 heteroatoms. The first-order chi connectivity index (χ1) is 8.67. The molecule has 2 nitrogen and oxygen atoms in total. The van der Waals surface area contributed by atoms with Gasteiger partial charge in [0.15, 0.2) is 0 Å². The second kappa shape index (κ2) is 12.0. The fourth-order valence-corrected chi connectivity index (χ4v) is 2.79. The molecule has 0 rings (SSSR count). The van der Waals surface area contributed by atoms with Gasteiger partial charge in [-0.1, -0.05) is 34.6 Å². The quantitative estimate of drug-likeness (QED) is 0.523. The summed E-state index contributed by atoms with van der Waals surface area (Å²) in [4.78, 5) is 5.28. The van der Waals surface area contributed by atoms with Gasteiger partial charge >= 0.3 is 0 Å². The zero-order chi connectivity index (χ0) is 13.8. The highest BCUT2D eigenvalue weighted by Crippen LogP contribution is 2.06. The number of rotatable bonds is 12. The fraction of sp³-hybridized carbons (Fsp3) is 1.00. The predicted octanol–water partition coefficient (Wildman–Crippen LogP) is 3.87. The molecule has 0 aromatic carbocycles. The van der Waals surface area contributed by atoms with Crippen molar-refractivity contribution in [2.75, 3.05) is 39.3 Å². The molecular weight excluding hydrogens is 220 g/mol. The SMILES string of the molecule is CCCN(CCC)CC(C)CN(CCC)CCC. The highest BCUT2D eigenvalue weighted by atomic mass is 15.1. The Hall–Kier alpha value is -0.0800. The molecule has 0 spiro atoms. The Kier molecular flexibility index (Phi) is 11.9. The lowest BCUT2D eigenvalue weighted by Crippen LogP contribution is -2.37. The van der Waals surface area contributed by atoms with Crippen LogP contribution in [0, 0.1) is 5.92 Å². The number of hydrogen-bond donors (Lipinski definition) is 0. The molecule has 110 valence electrons. The van der Waals surface area contributed by atoms with E-state index in [-0.39, 0.29) is 0 Å². The normalized spacial score (nSPS) is 12.0. The Labute approximate surface area is 116 Å². The van der Waals surface area contributed by atoms with E-state index >= 15 is 0 Å². The summed E-state index contributed by atoms with van der Waals surface area (Å²) in [6, 6.07) is 0. The van der Waals surface area contributed by atoms with E-state index in [2.05, 4.69) is 44.4 Å². The first-order valence-corrected chi connectivity index (χ1v) is 8.12. The summed E-state index contributed by atoms with van der Waals surface area (Å²) in [7, 11) is 0. The van der Waals surface area contributed by atoms with Crippen molar-refractivity contribution in [1.29, 1.82) is 0 Å². The monoisotopic (exact) mass is 256 g/mol. The minimum Gasteiger partial charge on any atom is -0.303 e. The molecule has 0 aliphatic carbocycles. The molecule has 0 saturated carbocycles. The van der Waals surface area contributed by atoms with Crippen LogP contribution in [-0.4, -0.2) is 49.1 Å². The molecule has 0 bridgehead atoms. The summed E-state index contributed by atoms with van der Waals surface area (Å²) in [5, 5.41) is 0. The molecule has 0 aromatic heterocycles. The third-order valence-corrected chi connectivity index (χ3v) is 3.30. The Morgan fingerprint density at radius 2 is 0.889 bits per heavy atom. The Morgan fingerprint density at radius 1 is 0.611 bits per heavy atom. The van der Waals surface area contributed by atoms with Gasteiger partial charge in [-0.15, -0.1) is 0 Å². The molecule has 0 fully saturated rings. The van der Waals surface area contributed by atoms with E-state index in [9.17, 15) is 0 Å². The maximum Gasteiger partial charge on any atom is 0.00192 e. The minimum atomic E-state index is 0.793. The van der Waals surface area contributed by atoms with Crippen LogP contribution in [0.4, 0.5) is 0 Å². The van der Waals surface area contributed by atoms with Crippen LogP contribution in [0.3, 0.4) is 0 Å². The molecule has 0 N–H and O–H groups in total. The third kappa shape index (κ3) is 8.93. The summed E-state index contributed by atoms with van der Waals surface area (Å²) in [6.45, 7) is 19.1. The molecular formula is C16H36N2. The molecule has 0 radical (unpaired) electrons. The highest BCUT2D eigenvalue weighted by Gasteiger charge is 2.12. The van der Waals surface area contributed by atoms with Gasteiger partial charge in [0.05, 0.1) is 0 Å². The fourth-order valence-electron chi connectivity index (χ4n) is 2.79. The summed E-state index contributed by atoms with van der Waals surface area (Å²) < 4.78 is 0. The lowest BCUT2D eigenvalue weighted by molar-refractivity contribution is 0.182.